The number of halogens is 1. The maximum atomic E-state index is 13.4. The van der Waals surface area contributed by atoms with E-state index >= 15 is 0 Å². The van der Waals surface area contributed by atoms with Crippen LogP contribution in [0.1, 0.15) is 26.7 Å². The summed E-state index contributed by atoms with van der Waals surface area (Å²) in [6.07, 6.45) is 1.89. The minimum absolute atomic E-state index is 0.139. The molecule has 0 spiro atoms. The molecule has 0 aromatic heterocycles. The van der Waals surface area contributed by atoms with Gasteiger partial charge in [-0.3, -0.25) is 10.1 Å². The third-order valence-corrected chi connectivity index (χ3v) is 2.90. The summed E-state index contributed by atoms with van der Waals surface area (Å²) in [7, 11) is 1.75. The van der Waals surface area contributed by atoms with Crippen molar-refractivity contribution < 1.29 is 9.31 Å². The summed E-state index contributed by atoms with van der Waals surface area (Å²) in [4.78, 5) is 12.0. The third kappa shape index (κ3) is 2.93. The van der Waals surface area contributed by atoms with Gasteiger partial charge in [0.1, 0.15) is 5.69 Å². The van der Waals surface area contributed by atoms with E-state index < -0.39 is 16.4 Å². The first-order valence-corrected chi connectivity index (χ1v) is 5.64. The molecule has 1 aromatic rings. The van der Waals surface area contributed by atoms with Crippen molar-refractivity contribution >= 4 is 11.4 Å². The van der Waals surface area contributed by atoms with Crippen LogP contribution in [0.3, 0.4) is 0 Å². The van der Waals surface area contributed by atoms with Crippen LogP contribution < -0.4 is 4.90 Å². The first-order valence-electron chi connectivity index (χ1n) is 5.64. The number of benzene rings is 1. The summed E-state index contributed by atoms with van der Waals surface area (Å²) in [5.74, 6) is -0.789. The van der Waals surface area contributed by atoms with Gasteiger partial charge in [0.15, 0.2) is 0 Å². The fraction of sp³-hybridized carbons (Fsp3) is 0.500. The Kier molecular flexibility index (Phi) is 4.43. The minimum atomic E-state index is -0.789. The number of nitrogens with zero attached hydrogens (tertiary/aromatic N) is 2. The van der Waals surface area contributed by atoms with Crippen molar-refractivity contribution in [3.63, 3.8) is 0 Å². The van der Waals surface area contributed by atoms with Crippen LogP contribution in [0.2, 0.25) is 0 Å². The highest BCUT2D eigenvalue weighted by atomic mass is 19.1. The smallest absolute Gasteiger partial charge is 0.327 e. The molecule has 0 aliphatic rings. The van der Waals surface area contributed by atoms with Gasteiger partial charge in [-0.25, -0.2) is 0 Å². The van der Waals surface area contributed by atoms with Crippen molar-refractivity contribution in [2.75, 3.05) is 11.9 Å². The molecule has 1 unspecified atom stereocenters. The Hall–Kier alpha value is -1.65. The number of nitro benzene ring substituents is 1. The largest absolute Gasteiger partial charge is 0.366 e. The molecule has 5 heteroatoms. The maximum absolute atomic E-state index is 13.4. The summed E-state index contributed by atoms with van der Waals surface area (Å²) in [5.41, 5.74) is -0.117. The zero-order chi connectivity index (χ0) is 13.0. The Morgan fingerprint density at radius 1 is 1.53 bits per heavy atom. The molecule has 0 aliphatic heterocycles. The summed E-state index contributed by atoms with van der Waals surface area (Å²) >= 11 is 0. The highest BCUT2D eigenvalue weighted by Crippen LogP contribution is 2.31. The molecular formula is C12H17FN2O2. The normalized spacial score (nSPS) is 12.2. The maximum Gasteiger partial charge on any atom is 0.327 e. The molecule has 0 radical (unpaired) electrons. The van der Waals surface area contributed by atoms with E-state index in [2.05, 4.69) is 0 Å². The molecule has 0 fully saturated rings. The molecule has 0 bridgehead atoms. The molecule has 4 nitrogen and oxygen atoms in total. The summed E-state index contributed by atoms with van der Waals surface area (Å²) in [6.45, 7) is 4.02. The van der Waals surface area contributed by atoms with Crippen LogP contribution in [-0.4, -0.2) is 18.0 Å². The van der Waals surface area contributed by atoms with Crippen molar-refractivity contribution in [1.82, 2.24) is 0 Å². The molecule has 0 saturated carbocycles. The van der Waals surface area contributed by atoms with E-state index in [9.17, 15) is 14.5 Å². The van der Waals surface area contributed by atoms with Crippen molar-refractivity contribution in [3.8, 4) is 0 Å². The number of para-hydroxylation sites is 1. The average Bonchev–Trinajstić information content (AvgIpc) is 2.27. The van der Waals surface area contributed by atoms with Gasteiger partial charge in [0.25, 0.3) is 0 Å². The zero-order valence-corrected chi connectivity index (χ0v) is 10.3. The van der Waals surface area contributed by atoms with Crippen LogP contribution in [0.5, 0.6) is 0 Å². The number of rotatable bonds is 5. The van der Waals surface area contributed by atoms with Crippen molar-refractivity contribution in [3.05, 3.63) is 34.1 Å². The van der Waals surface area contributed by atoms with E-state index in [4.69, 9.17) is 0 Å². The predicted octanol–water partition coefficient (Wildman–Crippen LogP) is 3.36. The second kappa shape index (κ2) is 5.61. The first-order chi connectivity index (χ1) is 7.99. The summed E-state index contributed by atoms with van der Waals surface area (Å²) in [5, 5.41) is 10.9. The molecule has 1 rings (SSSR count). The fourth-order valence-corrected chi connectivity index (χ4v) is 1.82. The quantitative estimate of drug-likeness (QED) is 0.585. The van der Waals surface area contributed by atoms with Gasteiger partial charge in [0.2, 0.25) is 5.82 Å². The standard InChI is InChI=1S/C12H17FN2O2/c1-4-6-9(2)14(3)11-8-5-7-10(13)12(11)15(16)17/h5,7-9H,4,6H2,1-3H3. The van der Waals surface area contributed by atoms with Crippen molar-refractivity contribution in [2.45, 2.75) is 32.7 Å². The second-order valence-electron chi connectivity index (χ2n) is 4.11. The van der Waals surface area contributed by atoms with E-state index in [1.165, 1.54) is 6.07 Å². The molecule has 0 saturated heterocycles. The van der Waals surface area contributed by atoms with Crippen LogP contribution in [0.15, 0.2) is 18.2 Å². The second-order valence-corrected chi connectivity index (χ2v) is 4.11. The summed E-state index contributed by atoms with van der Waals surface area (Å²) < 4.78 is 13.4. The first kappa shape index (κ1) is 13.4. The van der Waals surface area contributed by atoms with Crippen molar-refractivity contribution in [1.29, 1.82) is 0 Å². The van der Waals surface area contributed by atoms with E-state index in [0.717, 1.165) is 18.9 Å². The molecule has 1 aromatic carbocycles. The Labute approximate surface area is 100 Å². The molecule has 17 heavy (non-hydrogen) atoms. The minimum Gasteiger partial charge on any atom is -0.366 e. The van der Waals surface area contributed by atoms with Crippen LogP contribution in [0, 0.1) is 15.9 Å². The Morgan fingerprint density at radius 3 is 2.71 bits per heavy atom. The van der Waals surface area contributed by atoms with Gasteiger partial charge in [0.05, 0.1) is 4.92 Å². The lowest BCUT2D eigenvalue weighted by Crippen LogP contribution is -2.29. The lowest BCUT2D eigenvalue weighted by atomic mass is 10.1. The molecule has 0 amide bonds. The highest BCUT2D eigenvalue weighted by molar-refractivity contribution is 5.63. The third-order valence-electron chi connectivity index (χ3n) is 2.90. The van der Waals surface area contributed by atoms with E-state index in [1.54, 1.807) is 18.0 Å². The monoisotopic (exact) mass is 240 g/mol. The van der Waals surface area contributed by atoms with Crippen LogP contribution in [0.25, 0.3) is 0 Å². The zero-order valence-electron chi connectivity index (χ0n) is 10.3. The van der Waals surface area contributed by atoms with E-state index in [-0.39, 0.29) is 6.04 Å². The number of hydrogen-bond donors (Lipinski definition) is 0. The molecular weight excluding hydrogens is 223 g/mol. The number of nitro groups is 1. The predicted molar refractivity (Wildman–Crippen MR) is 65.8 cm³/mol. The fourth-order valence-electron chi connectivity index (χ4n) is 1.82. The average molecular weight is 240 g/mol. The highest BCUT2D eigenvalue weighted by Gasteiger charge is 2.24. The van der Waals surface area contributed by atoms with Crippen LogP contribution in [-0.2, 0) is 0 Å². The van der Waals surface area contributed by atoms with E-state index in [0.29, 0.717) is 5.69 Å². The van der Waals surface area contributed by atoms with Gasteiger partial charge >= 0.3 is 5.69 Å². The topological polar surface area (TPSA) is 46.4 Å². The van der Waals surface area contributed by atoms with Gasteiger partial charge in [-0.1, -0.05) is 19.4 Å². The SMILES string of the molecule is CCCC(C)N(C)c1cccc(F)c1[N+](=O)[O-]. The van der Waals surface area contributed by atoms with E-state index in [1.807, 2.05) is 13.8 Å². The number of anilines is 1. The van der Waals surface area contributed by atoms with Gasteiger partial charge in [-0.05, 0) is 25.5 Å². The molecule has 0 aliphatic carbocycles. The molecule has 94 valence electrons. The Balaban J connectivity index is 3.13. The summed E-state index contributed by atoms with van der Waals surface area (Å²) in [6, 6.07) is 4.32. The molecule has 0 heterocycles. The Bertz CT molecular complexity index is 409. The molecule has 1 atom stereocenters. The van der Waals surface area contributed by atoms with Gasteiger partial charge in [-0.15, -0.1) is 0 Å². The van der Waals surface area contributed by atoms with Crippen LogP contribution in [0.4, 0.5) is 15.8 Å². The van der Waals surface area contributed by atoms with Gasteiger partial charge < -0.3 is 4.90 Å². The molecule has 0 N–H and O–H groups in total. The van der Waals surface area contributed by atoms with Gasteiger partial charge in [0, 0.05) is 13.1 Å². The Morgan fingerprint density at radius 2 is 2.18 bits per heavy atom. The lowest BCUT2D eigenvalue weighted by Gasteiger charge is -2.26. The van der Waals surface area contributed by atoms with Crippen molar-refractivity contribution in [2.24, 2.45) is 0 Å². The van der Waals surface area contributed by atoms with Crippen LogP contribution >= 0.6 is 0 Å². The number of hydrogen-bond acceptors (Lipinski definition) is 3. The lowest BCUT2D eigenvalue weighted by molar-refractivity contribution is -0.386. The van der Waals surface area contributed by atoms with Gasteiger partial charge in [-0.2, -0.15) is 4.39 Å².